The molecular formula is C15H19BrFN3. The third-order valence-corrected chi connectivity index (χ3v) is 4.10. The summed E-state index contributed by atoms with van der Waals surface area (Å²) in [5.74, 6) is -0.219. The first kappa shape index (κ1) is 15.2. The van der Waals surface area contributed by atoms with Gasteiger partial charge in [0.15, 0.2) is 0 Å². The molecule has 0 radical (unpaired) electrons. The standard InChI is InChI=1S/C15H19BrFN3/c1-4-20-12(7-10(2)19-20)9-15(18-3)13-8-11(17)5-6-14(13)16/h5-8,15,18H,4,9H2,1-3H3. The number of benzene rings is 1. The third-order valence-electron chi connectivity index (χ3n) is 3.38. The lowest BCUT2D eigenvalue weighted by Gasteiger charge is -2.18. The van der Waals surface area contributed by atoms with Crippen LogP contribution in [0.3, 0.4) is 0 Å². The van der Waals surface area contributed by atoms with E-state index in [1.807, 2.05) is 18.7 Å². The Morgan fingerprint density at radius 1 is 1.40 bits per heavy atom. The van der Waals surface area contributed by atoms with Crippen molar-refractivity contribution in [3.8, 4) is 0 Å². The topological polar surface area (TPSA) is 29.9 Å². The first-order chi connectivity index (χ1) is 9.55. The van der Waals surface area contributed by atoms with Crippen LogP contribution < -0.4 is 5.32 Å². The van der Waals surface area contributed by atoms with Crippen molar-refractivity contribution < 1.29 is 4.39 Å². The predicted molar refractivity (Wildman–Crippen MR) is 82.2 cm³/mol. The van der Waals surface area contributed by atoms with Gasteiger partial charge in [0.1, 0.15) is 5.82 Å². The lowest BCUT2D eigenvalue weighted by Crippen LogP contribution is -2.21. The maximum absolute atomic E-state index is 13.5. The second-order valence-corrected chi connectivity index (χ2v) is 5.66. The van der Waals surface area contributed by atoms with Crippen molar-refractivity contribution in [1.82, 2.24) is 15.1 Å². The van der Waals surface area contributed by atoms with E-state index in [2.05, 4.69) is 39.3 Å². The molecule has 20 heavy (non-hydrogen) atoms. The maximum Gasteiger partial charge on any atom is 0.123 e. The zero-order valence-corrected chi connectivity index (χ0v) is 13.5. The van der Waals surface area contributed by atoms with Crippen LogP contribution >= 0.6 is 15.9 Å². The summed E-state index contributed by atoms with van der Waals surface area (Å²) in [7, 11) is 1.89. The van der Waals surface area contributed by atoms with Gasteiger partial charge >= 0.3 is 0 Å². The zero-order valence-electron chi connectivity index (χ0n) is 12.0. The van der Waals surface area contributed by atoms with E-state index >= 15 is 0 Å². The molecule has 0 fully saturated rings. The van der Waals surface area contributed by atoms with Crippen molar-refractivity contribution in [2.75, 3.05) is 7.05 Å². The molecule has 1 unspecified atom stereocenters. The largest absolute Gasteiger partial charge is 0.313 e. The van der Waals surface area contributed by atoms with Gasteiger partial charge in [-0.05, 0) is 50.7 Å². The van der Waals surface area contributed by atoms with Crippen LogP contribution in [0.25, 0.3) is 0 Å². The minimum absolute atomic E-state index is 0.0430. The summed E-state index contributed by atoms with van der Waals surface area (Å²) in [6.07, 6.45) is 0.771. The summed E-state index contributed by atoms with van der Waals surface area (Å²) < 4.78 is 16.4. The van der Waals surface area contributed by atoms with E-state index < -0.39 is 0 Å². The van der Waals surface area contributed by atoms with E-state index in [4.69, 9.17) is 0 Å². The van der Waals surface area contributed by atoms with E-state index in [-0.39, 0.29) is 11.9 Å². The molecule has 5 heteroatoms. The van der Waals surface area contributed by atoms with Gasteiger partial charge in [-0.15, -0.1) is 0 Å². The minimum Gasteiger partial charge on any atom is -0.313 e. The number of halogens is 2. The number of nitrogens with one attached hydrogen (secondary N) is 1. The lowest BCUT2D eigenvalue weighted by molar-refractivity contribution is 0.535. The Balaban J connectivity index is 2.30. The van der Waals surface area contributed by atoms with Crippen molar-refractivity contribution in [2.45, 2.75) is 32.9 Å². The van der Waals surface area contributed by atoms with E-state index in [1.165, 1.54) is 6.07 Å². The van der Waals surface area contributed by atoms with Gasteiger partial charge in [-0.2, -0.15) is 5.10 Å². The molecule has 3 nitrogen and oxygen atoms in total. The number of hydrogen-bond acceptors (Lipinski definition) is 2. The molecule has 1 atom stereocenters. The zero-order chi connectivity index (χ0) is 14.7. The van der Waals surface area contributed by atoms with Crippen LogP contribution in [0.2, 0.25) is 0 Å². The lowest BCUT2D eigenvalue weighted by atomic mass is 10.0. The smallest absolute Gasteiger partial charge is 0.123 e. The molecule has 0 amide bonds. The van der Waals surface area contributed by atoms with E-state index in [0.29, 0.717) is 0 Å². The van der Waals surface area contributed by atoms with Gasteiger partial charge in [0.25, 0.3) is 0 Å². The normalized spacial score (nSPS) is 12.7. The van der Waals surface area contributed by atoms with Gasteiger partial charge < -0.3 is 5.32 Å². The molecule has 108 valence electrons. The Bertz CT molecular complexity index is 595. The fourth-order valence-corrected chi connectivity index (χ4v) is 2.92. The van der Waals surface area contributed by atoms with Crippen LogP contribution in [0.4, 0.5) is 4.39 Å². The molecule has 0 spiro atoms. The van der Waals surface area contributed by atoms with Crippen molar-refractivity contribution in [3.63, 3.8) is 0 Å². The fourth-order valence-electron chi connectivity index (χ4n) is 2.40. The molecule has 0 saturated heterocycles. The van der Waals surface area contributed by atoms with Crippen molar-refractivity contribution in [2.24, 2.45) is 0 Å². The number of aryl methyl sites for hydroxylation is 2. The highest BCUT2D eigenvalue weighted by Crippen LogP contribution is 2.27. The molecule has 0 saturated carbocycles. The van der Waals surface area contributed by atoms with Crippen molar-refractivity contribution in [3.05, 3.63) is 51.5 Å². The first-order valence-electron chi connectivity index (χ1n) is 6.70. The molecule has 0 aliphatic heterocycles. The summed E-state index contributed by atoms with van der Waals surface area (Å²) in [4.78, 5) is 0. The summed E-state index contributed by atoms with van der Waals surface area (Å²) in [6, 6.07) is 6.91. The van der Waals surface area contributed by atoms with Crippen LogP contribution in [-0.2, 0) is 13.0 Å². The number of aromatic nitrogens is 2. The van der Waals surface area contributed by atoms with Crippen LogP contribution in [0, 0.1) is 12.7 Å². The Morgan fingerprint density at radius 2 is 2.15 bits per heavy atom. The molecule has 2 rings (SSSR count). The highest BCUT2D eigenvalue weighted by atomic mass is 79.9. The number of nitrogens with zero attached hydrogens (tertiary/aromatic N) is 2. The average Bonchev–Trinajstić information content (AvgIpc) is 2.79. The van der Waals surface area contributed by atoms with Crippen LogP contribution in [0.5, 0.6) is 0 Å². The molecular weight excluding hydrogens is 321 g/mol. The average molecular weight is 340 g/mol. The summed E-state index contributed by atoms with van der Waals surface area (Å²) in [5, 5.41) is 7.71. The van der Waals surface area contributed by atoms with Gasteiger partial charge in [-0.3, -0.25) is 4.68 Å². The Labute approximate surface area is 127 Å². The number of hydrogen-bond donors (Lipinski definition) is 1. The maximum atomic E-state index is 13.5. The Hall–Kier alpha value is -1.20. The Morgan fingerprint density at radius 3 is 2.80 bits per heavy atom. The fraction of sp³-hybridized carbons (Fsp3) is 0.400. The Kier molecular flexibility index (Phi) is 4.94. The van der Waals surface area contributed by atoms with E-state index in [0.717, 1.165) is 34.4 Å². The van der Waals surface area contributed by atoms with Gasteiger partial charge in [0, 0.05) is 29.2 Å². The molecule has 1 aromatic heterocycles. The highest BCUT2D eigenvalue weighted by Gasteiger charge is 2.17. The SMILES string of the molecule is CCn1nc(C)cc1CC(NC)c1cc(F)ccc1Br. The number of rotatable bonds is 5. The number of likely N-dealkylation sites (N-methyl/N-ethyl adjacent to an activating group) is 1. The van der Waals surface area contributed by atoms with E-state index in [9.17, 15) is 4.39 Å². The van der Waals surface area contributed by atoms with Gasteiger partial charge in [-0.25, -0.2) is 4.39 Å². The van der Waals surface area contributed by atoms with Gasteiger partial charge in [0.2, 0.25) is 0 Å². The second kappa shape index (κ2) is 6.50. The molecule has 1 N–H and O–H groups in total. The quantitative estimate of drug-likeness (QED) is 0.901. The highest BCUT2D eigenvalue weighted by molar-refractivity contribution is 9.10. The van der Waals surface area contributed by atoms with Crippen LogP contribution in [0.1, 0.15) is 29.9 Å². The monoisotopic (exact) mass is 339 g/mol. The molecule has 1 aromatic carbocycles. The summed E-state index contributed by atoms with van der Waals surface area (Å²) in [6.45, 7) is 4.90. The van der Waals surface area contributed by atoms with E-state index in [1.54, 1.807) is 12.1 Å². The predicted octanol–water partition coefficient (Wildman–Crippen LogP) is 3.62. The molecule has 0 bridgehead atoms. The van der Waals surface area contributed by atoms with Crippen molar-refractivity contribution in [1.29, 1.82) is 0 Å². The van der Waals surface area contributed by atoms with Crippen LogP contribution in [-0.4, -0.2) is 16.8 Å². The molecule has 2 aromatic rings. The molecule has 0 aliphatic rings. The summed E-state index contributed by atoms with van der Waals surface area (Å²) >= 11 is 3.50. The first-order valence-corrected chi connectivity index (χ1v) is 7.50. The van der Waals surface area contributed by atoms with Crippen LogP contribution in [0.15, 0.2) is 28.7 Å². The molecule has 1 heterocycles. The minimum atomic E-state index is -0.219. The van der Waals surface area contributed by atoms with Crippen molar-refractivity contribution >= 4 is 15.9 Å². The third kappa shape index (κ3) is 3.27. The summed E-state index contributed by atoms with van der Waals surface area (Å²) in [5.41, 5.74) is 3.09. The van der Waals surface area contributed by atoms with Gasteiger partial charge in [0.05, 0.1) is 5.69 Å². The molecule has 0 aliphatic carbocycles. The second-order valence-electron chi connectivity index (χ2n) is 4.80. The van der Waals surface area contributed by atoms with Gasteiger partial charge in [-0.1, -0.05) is 15.9 Å².